The van der Waals surface area contributed by atoms with Gasteiger partial charge in [-0.1, -0.05) is 12.1 Å². The van der Waals surface area contributed by atoms with E-state index in [1.54, 1.807) is 24.3 Å². The van der Waals surface area contributed by atoms with E-state index in [2.05, 4.69) is 0 Å². The van der Waals surface area contributed by atoms with Crippen LogP contribution in [0.4, 0.5) is 13.2 Å². The molecule has 98 valence electrons. The molecule has 0 aromatic heterocycles. The molecule has 0 saturated carbocycles. The van der Waals surface area contributed by atoms with Crippen LogP contribution in [-0.2, 0) is 11.3 Å². The van der Waals surface area contributed by atoms with Gasteiger partial charge < -0.3 is 9.47 Å². The molecule has 0 heterocycles. The summed E-state index contributed by atoms with van der Waals surface area (Å²) in [6, 6.07) is 7.92. The molecular weight excluding hydrogens is 247 g/mol. The normalized spacial score (nSPS) is 12.8. The van der Waals surface area contributed by atoms with Crippen LogP contribution in [0.15, 0.2) is 24.3 Å². The number of hydrogen-bond donors (Lipinski definition) is 0. The van der Waals surface area contributed by atoms with Crippen molar-refractivity contribution in [2.45, 2.75) is 12.8 Å². The van der Waals surface area contributed by atoms with Gasteiger partial charge in [-0.05, 0) is 17.7 Å². The highest BCUT2D eigenvalue weighted by Gasteiger charge is 2.39. The average molecular weight is 259 g/mol. The highest BCUT2D eigenvalue weighted by molar-refractivity contribution is 5.26. The summed E-state index contributed by atoms with van der Waals surface area (Å²) < 4.78 is 46.5. The van der Waals surface area contributed by atoms with Gasteiger partial charge in [0, 0.05) is 0 Å². The number of methoxy groups -OCH3 is 1. The Hall–Kier alpha value is -1.74. The zero-order valence-corrected chi connectivity index (χ0v) is 9.70. The minimum Gasteiger partial charge on any atom is -0.497 e. The van der Waals surface area contributed by atoms with Gasteiger partial charge in [-0.15, -0.1) is 0 Å². The van der Waals surface area contributed by atoms with Crippen molar-refractivity contribution in [3.8, 4) is 11.8 Å². The van der Waals surface area contributed by atoms with Gasteiger partial charge in [0.1, 0.15) is 5.75 Å². The lowest BCUT2D eigenvalue weighted by molar-refractivity contribution is -0.172. The summed E-state index contributed by atoms with van der Waals surface area (Å²) in [7, 11) is 1.52. The molecule has 0 N–H and O–H groups in total. The third kappa shape index (κ3) is 4.26. The fourth-order valence-corrected chi connectivity index (χ4v) is 1.22. The van der Waals surface area contributed by atoms with E-state index in [9.17, 15) is 13.2 Å². The molecule has 1 aromatic rings. The molecule has 1 atom stereocenters. The second kappa shape index (κ2) is 6.26. The van der Waals surface area contributed by atoms with Crippen molar-refractivity contribution in [2.75, 3.05) is 13.7 Å². The maximum Gasteiger partial charge on any atom is 0.406 e. The highest BCUT2D eigenvalue weighted by Crippen LogP contribution is 2.26. The largest absolute Gasteiger partial charge is 0.497 e. The molecule has 0 radical (unpaired) electrons. The summed E-state index contributed by atoms with van der Waals surface area (Å²) in [5.41, 5.74) is 0.717. The summed E-state index contributed by atoms with van der Waals surface area (Å²) in [6.07, 6.45) is -4.55. The van der Waals surface area contributed by atoms with Crippen molar-refractivity contribution < 1.29 is 22.6 Å². The number of alkyl halides is 3. The molecule has 0 fully saturated rings. The Morgan fingerprint density at radius 2 is 1.89 bits per heavy atom. The lowest BCUT2D eigenvalue weighted by Crippen LogP contribution is -2.25. The smallest absolute Gasteiger partial charge is 0.406 e. The third-order valence-electron chi connectivity index (χ3n) is 2.26. The molecule has 1 rings (SSSR count). The molecule has 6 heteroatoms. The number of hydrogen-bond acceptors (Lipinski definition) is 3. The zero-order valence-electron chi connectivity index (χ0n) is 9.70. The van der Waals surface area contributed by atoms with Crippen LogP contribution in [-0.4, -0.2) is 19.9 Å². The fraction of sp³-hybridized carbons (Fsp3) is 0.417. The first-order valence-electron chi connectivity index (χ1n) is 5.14. The van der Waals surface area contributed by atoms with E-state index in [0.29, 0.717) is 5.75 Å². The van der Waals surface area contributed by atoms with Gasteiger partial charge in [0.2, 0.25) is 0 Å². The zero-order chi connectivity index (χ0) is 13.6. The minimum atomic E-state index is -4.55. The van der Waals surface area contributed by atoms with Gasteiger partial charge in [0.25, 0.3) is 0 Å². The summed E-state index contributed by atoms with van der Waals surface area (Å²) in [5.74, 6) is -1.43. The maximum absolute atomic E-state index is 12.2. The maximum atomic E-state index is 12.2. The molecule has 18 heavy (non-hydrogen) atoms. The highest BCUT2D eigenvalue weighted by atomic mass is 19.4. The third-order valence-corrected chi connectivity index (χ3v) is 2.26. The van der Waals surface area contributed by atoms with Crippen molar-refractivity contribution in [1.82, 2.24) is 0 Å². The summed E-state index contributed by atoms with van der Waals surface area (Å²) in [4.78, 5) is 0. The van der Waals surface area contributed by atoms with Gasteiger partial charge >= 0.3 is 6.18 Å². The van der Waals surface area contributed by atoms with E-state index in [0.717, 1.165) is 5.56 Å². The second-order valence-corrected chi connectivity index (χ2v) is 3.59. The molecule has 0 bridgehead atoms. The first-order valence-corrected chi connectivity index (χ1v) is 5.14. The average Bonchev–Trinajstić information content (AvgIpc) is 2.34. The quantitative estimate of drug-likeness (QED) is 0.816. The number of benzene rings is 1. The van der Waals surface area contributed by atoms with Crippen LogP contribution in [0.5, 0.6) is 5.75 Å². The number of halogens is 3. The van der Waals surface area contributed by atoms with Gasteiger partial charge in [-0.25, -0.2) is 0 Å². The number of ether oxygens (including phenoxy) is 2. The van der Waals surface area contributed by atoms with Gasteiger partial charge in [-0.2, -0.15) is 18.4 Å². The van der Waals surface area contributed by atoms with Crippen molar-refractivity contribution in [2.24, 2.45) is 5.92 Å². The number of rotatable bonds is 5. The van der Waals surface area contributed by atoms with E-state index < -0.39 is 18.7 Å². The first kappa shape index (κ1) is 14.3. The Morgan fingerprint density at radius 1 is 1.28 bits per heavy atom. The number of nitrogens with zero attached hydrogens (tertiary/aromatic N) is 1. The molecule has 0 saturated heterocycles. The Morgan fingerprint density at radius 3 is 2.33 bits per heavy atom. The predicted octanol–water partition coefficient (Wildman–Crippen LogP) is 2.91. The topological polar surface area (TPSA) is 42.2 Å². The molecule has 1 unspecified atom stereocenters. The van der Waals surface area contributed by atoms with Crippen molar-refractivity contribution in [3.05, 3.63) is 29.8 Å². The summed E-state index contributed by atoms with van der Waals surface area (Å²) >= 11 is 0. The van der Waals surface area contributed by atoms with Crippen LogP contribution >= 0.6 is 0 Å². The molecule has 0 aliphatic rings. The van der Waals surface area contributed by atoms with Crippen LogP contribution in [0, 0.1) is 17.2 Å². The van der Waals surface area contributed by atoms with Crippen LogP contribution in [0.3, 0.4) is 0 Å². The molecule has 0 aliphatic heterocycles. The SMILES string of the molecule is COc1ccc(COCC(C#N)C(F)(F)F)cc1. The molecule has 0 amide bonds. The Kier molecular flexibility index (Phi) is 4.98. The Bertz CT molecular complexity index is 409. The molecule has 0 aliphatic carbocycles. The molecule has 1 aromatic carbocycles. The van der Waals surface area contributed by atoms with Gasteiger partial charge in [-0.3, -0.25) is 0 Å². The lowest BCUT2D eigenvalue weighted by Gasteiger charge is -2.13. The van der Waals surface area contributed by atoms with Crippen molar-refractivity contribution >= 4 is 0 Å². The van der Waals surface area contributed by atoms with E-state index in [4.69, 9.17) is 14.7 Å². The van der Waals surface area contributed by atoms with Crippen LogP contribution in [0.2, 0.25) is 0 Å². The van der Waals surface area contributed by atoms with Crippen LogP contribution in [0.1, 0.15) is 5.56 Å². The lowest BCUT2D eigenvalue weighted by atomic mass is 10.2. The van der Waals surface area contributed by atoms with Crippen LogP contribution in [0.25, 0.3) is 0 Å². The second-order valence-electron chi connectivity index (χ2n) is 3.59. The van der Waals surface area contributed by atoms with Gasteiger partial charge in [0.15, 0.2) is 5.92 Å². The number of nitriles is 1. The van der Waals surface area contributed by atoms with E-state index in [1.807, 2.05) is 0 Å². The standard InChI is InChI=1S/C12H12F3NO2/c1-17-11-4-2-9(3-5-11)7-18-8-10(6-16)12(13,14)15/h2-5,10H,7-8H2,1H3. The first-order chi connectivity index (χ1) is 8.47. The molecule has 3 nitrogen and oxygen atoms in total. The summed E-state index contributed by atoms with van der Waals surface area (Å²) in [6.45, 7) is -0.635. The fourth-order valence-electron chi connectivity index (χ4n) is 1.22. The molecular formula is C12H12F3NO2. The predicted molar refractivity (Wildman–Crippen MR) is 57.8 cm³/mol. The van der Waals surface area contributed by atoms with Crippen molar-refractivity contribution in [1.29, 1.82) is 5.26 Å². The Balaban J connectivity index is 2.44. The van der Waals surface area contributed by atoms with Crippen molar-refractivity contribution in [3.63, 3.8) is 0 Å². The van der Waals surface area contributed by atoms with E-state index >= 15 is 0 Å². The van der Waals surface area contributed by atoms with E-state index in [-0.39, 0.29) is 6.61 Å². The minimum absolute atomic E-state index is 0.0260. The van der Waals surface area contributed by atoms with Gasteiger partial charge in [0.05, 0.1) is 26.4 Å². The monoisotopic (exact) mass is 259 g/mol. The summed E-state index contributed by atoms with van der Waals surface area (Å²) in [5, 5.41) is 8.36. The Labute approximate surface area is 103 Å². The van der Waals surface area contributed by atoms with Crippen LogP contribution < -0.4 is 4.74 Å². The molecule has 0 spiro atoms. The van der Waals surface area contributed by atoms with E-state index in [1.165, 1.54) is 13.2 Å².